The van der Waals surface area contributed by atoms with Crippen LogP contribution in [0.4, 0.5) is 5.69 Å². The molecule has 5 N–H and O–H groups in total. The molecule has 0 aromatic heterocycles. The fourth-order valence-corrected chi connectivity index (χ4v) is 1.83. The highest BCUT2D eigenvalue weighted by Crippen LogP contribution is 2.13. The van der Waals surface area contributed by atoms with Crippen molar-refractivity contribution in [3.63, 3.8) is 0 Å². The number of benzene rings is 1. The molecule has 134 valence electrons. The first-order valence-electron chi connectivity index (χ1n) is 7.15. The number of anilines is 1. The van der Waals surface area contributed by atoms with Gasteiger partial charge in [-0.3, -0.25) is 14.4 Å². The second-order valence-electron chi connectivity index (χ2n) is 5.32. The molecule has 0 aliphatic carbocycles. The summed E-state index contributed by atoms with van der Waals surface area (Å²) < 4.78 is 0.902. The van der Waals surface area contributed by atoms with Crippen LogP contribution in [0, 0.1) is 5.92 Å². The van der Waals surface area contributed by atoms with E-state index in [0.717, 1.165) is 4.47 Å². The second-order valence-corrected chi connectivity index (χ2v) is 6.24. The SMILES string of the molecule is CC(C)[C@H](N)C(=O)NCC(=O)NCC(=O)Nc1ccc(Br)cc1.Cl. The first-order valence-corrected chi connectivity index (χ1v) is 7.94. The fourth-order valence-electron chi connectivity index (χ4n) is 1.57. The van der Waals surface area contributed by atoms with E-state index in [9.17, 15) is 14.4 Å². The molecule has 1 atom stereocenters. The van der Waals surface area contributed by atoms with Crippen LogP contribution in [0.5, 0.6) is 0 Å². The third kappa shape index (κ3) is 8.28. The van der Waals surface area contributed by atoms with Gasteiger partial charge in [0.25, 0.3) is 0 Å². The Morgan fingerprint density at radius 2 is 1.58 bits per heavy atom. The summed E-state index contributed by atoms with van der Waals surface area (Å²) in [5.41, 5.74) is 6.28. The molecular weight excluding hydrogens is 400 g/mol. The second kappa shape index (κ2) is 11.0. The predicted octanol–water partition coefficient (Wildman–Crippen LogP) is 1.03. The van der Waals surface area contributed by atoms with Gasteiger partial charge in [-0.25, -0.2) is 0 Å². The Hall–Kier alpha value is -1.64. The molecule has 3 amide bonds. The van der Waals surface area contributed by atoms with Crippen LogP contribution in [0.3, 0.4) is 0 Å². The number of halogens is 2. The zero-order valence-corrected chi connectivity index (χ0v) is 15.9. The van der Waals surface area contributed by atoms with Crippen molar-refractivity contribution in [1.29, 1.82) is 0 Å². The molecular formula is C15H22BrClN4O3. The molecule has 0 aliphatic rings. The summed E-state index contributed by atoms with van der Waals surface area (Å²) in [6, 6.07) is 6.39. The Labute approximate surface area is 155 Å². The maximum atomic E-state index is 11.7. The lowest BCUT2D eigenvalue weighted by atomic mass is 10.1. The van der Waals surface area contributed by atoms with E-state index in [4.69, 9.17) is 5.73 Å². The van der Waals surface area contributed by atoms with Gasteiger partial charge in [-0.2, -0.15) is 0 Å². The van der Waals surface area contributed by atoms with E-state index < -0.39 is 17.9 Å². The van der Waals surface area contributed by atoms with Crippen LogP contribution in [0.1, 0.15) is 13.8 Å². The molecule has 1 rings (SSSR count). The van der Waals surface area contributed by atoms with Crippen molar-refractivity contribution in [3.8, 4) is 0 Å². The Balaban J connectivity index is 0.00000529. The predicted molar refractivity (Wildman–Crippen MR) is 98.9 cm³/mol. The lowest BCUT2D eigenvalue weighted by molar-refractivity contribution is -0.127. The molecule has 0 radical (unpaired) electrons. The van der Waals surface area contributed by atoms with E-state index in [1.807, 2.05) is 13.8 Å². The Kier molecular flexibility index (Phi) is 10.3. The number of amides is 3. The quantitative estimate of drug-likeness (QED) is 0.526. The molecule has 1 aromatic rings. The Morgan fingerprint density at radius 1 is 1.04 bits per heavy atom. The first kappa shape index (κ1) is 22.4. The highest BCUT2D eigenvalue weighted by atomic mass is 79.9. The number of nitrogens with two attached hydrogens (primary N) is 1. The zero-order chi connectivity index (χ0) is 17.4. The molecule has 9 heteroatoms. The van der Waals surface area contributed by atoms with E-state index in [-0.39, 0.29) is 37.3 Å². The maximum Gasteiger partial charge on any atom is 0.243 e. The summed E-state index contributed by atoms with van der Waals surface area (Å²) in [5.74, 6) is -1.23. The van der Waals surface area contributed by atoms with Gasteiger partial charge in [-0.05, 0) is 30.2 Å². The third-order valence-corrected chi connectivity index (χ3v) is 3.55. The summed E-state index contributed by atoms with van der Waals surface area (Å²) in [4.78, 5) is 34.9. The smallest absolute Gasteiger partial charge is 0.243 e. The van der Waals surface area contributed by atoms with Gasteiger partial charge < -0.3 is 21.7 Å². The monoisotopic (exact) mass is 420 g/mol. The molecule has 0 fully saturated rings. The van der Waals surface area contributed by atoms with Crippen LogP contribution in [0.2, 0.25) is 0 Å². The van der Waals surface area contributed by atoms with Crippen molar-refractivity contribution in [3.05, 3.63) is 28.7 Å². The number of hydrogen-bond acceptors (Lipinski definition) is 4. The van der Waals surface area contributed by atoms with Crippen molar-refractivity contribution in [2.24, 2.45) is 11.7 Å². The van der Waals surface area contributed by atoms with E-state index >= 15 is 0 Å². The summed E-state index contributed by atoms with van der Waals surface area (Å²) in [7, 11) is 0. The molecule has 0 bridgehead atoms. The van der Waals surface area contributed by atoms with Crippen LogP contribution in [-0.4, -0.2) is 36.9 Å². The van der Waals surface area contributed by atoms with Gasteiger partial charge in [0.05, 0.1) is 19.1 Å². The Morgan fingerprint density at radius 3 is 2.12 bits per heavy atom. The van der Waals surface area contributed by atoms with Gasteiger partial charge >= 0.3 is 0 Å². The minimum absolute atomic E-state index is 0. The lowest BCUT2D eigenvalue weighted by Crippen LogP contribution is -2.47. The number of carbonyl (C=O) groups is 3. The molecule has 1 aromatic carbocycles. The largest absolute Gasteiger partial charge is 0.346 e. The molecule has 0 aliphatic heterocycles. The molecule has 0 spiro atoms. The summed E-state index contributed by atoms with van der Waals surface area (Å²) in [6.07, 6.45) is 0. The van der Waals surface area contributed by atoms with E-state index in [1.54, 1.807) is 24.3 Å². The summed E-state index contributed by atoms with van der Waals surface area (Å²) in [5, 5.41) is 7.49. The van der Waals surface area contributed by atoms with E-state index in [0.29, 0.717) is 5.69 Å². The van der Waals surface area contributed by atoms with Crippen LogP contribution >= 0.6 is 28.3 Å². The summed E-state index contributed by atoms with van der Waals surface area (Å²) >= 11 is 3.30. The number of nitrogens with one attached hydrogen (secondary N) is 3. The molecule has 0 unspecified atom stereocenters. The molecule has 0 saturated carbocycles. The third-order valence-electron chi connectivity index (χ3n) is 3.02. The number of rotatable bonds is 7. The topological polar surface area (TPSA) is 113 Å². The van der Waals surface area contributed by atoms with E-state index in [2.05, 4.69) is 31.9 Å². The van der Waals surface area contributed by atoms with Gasteiger partial charge in [0, 0.05) is 10.2 Å². The van der Waals surface area contributed by atoms with Crippen LogP contribution in [0.25, 0.3) is 0 Å². The normalized spacial score (nSPS) is 11.2. The average Bonchev–Trinajstić information content (AvgIpc) is 2.51. The average molecular weight is 422 g/mol. The first-order chi connectivity index (χ1) is 10.8. The van der Waals surface area contributed by atoms with Crippen LogP contribution in [0.15, 0.2) is 28.7 Å². The molecule has 0 heterocycles. The van der Waals surface area contributed by atoms with Gasteiger partial charge in [0.15, 0.2) is 0 Å². The maximum absolute atomic E-state index is 11.7. The molecule has 24 heavy (non-hydrogen) atoms. The van der Waals surface area contributed by atoms with Gasteiger partial charge in [-0.1, -0.05) is 29.8 Å². The minimum Gasteiger partial charge on any atom is -0.346 e. The van der Waals surface area contributed by atoms with Crippen LogP contribution < -0.4 is 21.7 Å². The lowest BCUT2D eigenvalue weighted by Gasteiger charge is -2.15. The standard InChI is InChI=1S/C15H21BrN4O3.ClH/c1-9(2)14(17)15(23)19-7-12(21)18-8-13(22)20-11-5-3-10(16)4-6-11;/h3-6,9,14H,7-8,17H2,1-2H3,(H,18,21)(H,19,23)(H,20,22);1H/t14-;/m0./s1. The van der Waals surface area contributed by atoms with Crippen molar-refractivity contribution in [2.75, 3.05) is 18.4 Å². The van der Waals surface area contributed by atoms with Crippen molar-refractivity contribution < 1.29 is 14.4 Å². The number of carbonyl (C=O) groups excluding carboxylic acids is 3. The highest BCUT2D eigenvalue weighted by Gasteiger charge is 2.17. The van der Waals surface area contributed by atoms with E-state index in [1.165, 1.54) is 0 Å². The fraction of sp³-hybridized carbons (Fsp3) is 0.400. The minimum atomic E-state index is -0.663. The van der Waals surface area contributed by atoms with Crippen LogP contribution in [-0.2, 0) is 14.4 Å². The van der Waals surface area contributed by atoms with Crippen molar-refractivity contribution >= 4 is 51.7 Å². The molecule has 7 nitrogen and oxygen atoms in total. The van der Waals surface area contributed by atoms with Gasteiger partial charge in [-0.15, -0.1) is 12.4 Å². The van der Waals surface area contributed by atoms with Crippen molar-refractivity contribution in [1.82, 2.24) is 10.6 Å². The van der Waals surface area contributed by atoms with Crippen molar-refractivity contribution in [2.45, 2.75) is 19.9 Å². The zero-order valence-electron chi connectivity index (χ0n) is 13.5. The molecule has 0 saturated heterocycles. The highest BCUT2D eigenvalue weighted by molar-refractivity contribution is 9.10. The Bertz CT molecular complexity index is 566. The van der Waals surface area contributed by atoms with Gasteiger partial charge in [0.2, 0.25) is 17.7 Å². The van der Waals surface area contributed by atoms with Gasteiger partial charge in [0.1, 0.15) is 0 Å². The number of hydrogen-bond donors (Lipinski definition) is 4. The summed E-state index contributed by atoms with van der Waals surface area (Å²) in [6.45, 7) is 3.24.